The number of aliphatic hydroxyl groups is 1. The van der Waals surface area contributed by atoms with E-state index < -0.39 is 0 Å². The second-order valence-corrected chi connectivity index (χ2v) is 6.01. The van der Waals surface area contributed by atoms with Crippen LogP contribution in [0.1, 0.15) is 17.3 Å². The Bertz CT molecular complexity index is 932. The third kappa shape index (κ3) is 4.77. The van der Waals surface area contributed by atoms with E-state index in [2.05, 4.69) is 25.6 Å². The molecule has 0 aliphatic rings. The molecule has 0 bridgehead atoms. The van der Waals surface area contributed by atoms with E-state index >= 15 is 0 Å². The second kappa shape index (κ2) is 8.24. The third-order valence-corrected chi connectivity index (χ3v) is 3.74. The van der Waals surface area contributed by atoms with Crippen LogP contribution in [0, 0.1) is 0 Å². The fourth-order valence-electron chi connectivity index (χ4n) is 2.38. The van der Waals surface area contributed by atoms with Crippen molar-refractivity contribution in [3.8, 4) is 11.3 Å². The van der Waals surface area contributed by atoms with Gasteiger partial charge in [-0.1, -0.05) is 6.07 Å². The maximum Gasteiger partial charge on any atom is 0.256 e. The average Bonchev–Trinajstić information content (AvgIpc) is 2.68. The molecule has 3 rings (SSSR count). The highest BCUT2D eigenvalue weighted by Gasteiger charge is 2.12. The number of amides is 1. The molecule has 1 atom stereocenters. The second-order valence-electron chi connectivity index (χ2n) is 6.01. The number of benzene rings is 1. The molecule has 0 spiro atoms. The Hall–Kier alpha value is -3.52. The summed E-state index contributed by atoms with van der Waals surface area (Å²) in [7, 11) is 0. The SMILES string of the molecule is C[C@@H](CO)Nc1nc(NC(=O)c2cccc(N)c2)cc(-c2ccncc2)n1. The summed E-state index contributed by atoms with van der Waals surface area (Å²) in [5.41, 5.74) is 8.11. The van der Waals surface area contributed by atoms with E-state index in [-0.39, 0.29) is 18.6 Å². The standard InChI is InChI=1S/C19H20N6O2/c1-12(11-26)22-19-23-16(13-5-7-21-8-6-13)10-17(25-19)24-18(27)14-3-2-4-15(20)9-14/h2-10,12,26H,11,20H2,1H3,(H2,22,23,24,25,27)/t12-/m0/s1. The summed E-state index contributed by atoms with van der Waals surface area (Å²) >= 11 is 0. The van der Waals surface area contributed by atoms with Crippen molar-refractivity contribution in [3.05, 3.63) is 60.4 Å². The number of nitrogens with two attached hydrogens (primary N) is 1. The highest BCUT2D eigenvalue weighted by atomic mass is 16.3. The molecule has 0 fully saturated rings. The van der Waals surface area contributed by atoms with Crippen LogP contribution < -0.4 is 16.4 Å². The molecule has 1 aromatic carbocycles. The zero-order valence-electron chi connectivity index (χ0n) is 14.8. The molecule has 0 unspecified atom stereocenters. The number of nitrogens with zero attached hydrogens (tertiary/aromatic N) is 3. The summed E-state index contributed by atoms with van der Waals surface area (Å²) in [6, 6.07) is 11.7. The first-order chi connectivity index (χ1) is 13.0. The minimum absolute atomic E-state index is 0.0756. The maximum atomic E-state index is 12.5. The summed E-state index contributed by atoms with van der Waals surface area (Å²) in [6.07, 6.45) is 3.32. The van der Waals surface area contributed by atoms with Gasteiger partial charge in [0.25, 0.3) is 5.91 Å². The van der Waals surface area contributed by atoms with E-state index in [1.54, 1.807) is 49.6 Å². The van der Waals surface area contributed by atoms with Gasteiger partial charge in [0.1, 0.15) is 5.82 Å². The average molecular weight is 364 g/mol. The Morgan fingerprint density at radius 3 is 2.67 bits per heavy atom. The first-order valence-electron chi connectivity index (χ1n) is 8.39. The molecular weight excluding hydrogens is 344 g/mol. The van der Waals surface area contributed by atoms with Gasteiger partial charge >= 0.3 is 0 Å². The lowest BCUT2D eigenvalue weighted by atomic mass is 10.2. The number of carbonyl (C=O) groups excluding carboxylic acids is 1. The monoisotopic (exact) mass is 364 g/mol. The molecule has 138 valence electrons. The maximum absolute atomic E-state index is 12.5. The number of aliphatic hydroxyl groups excluding tert-OH is 1. The van der Waals surface area contributed by atoms with Gasteiger partial charge in [0, 0.05) is 41.3 Å². The van der Waals surface area contributed by atoms with Crippen molar-refractivity contribution in [3.63, 3.8) is 0 Å². The normalized spacial score (nSPS) is 11.6. The molecule has 8 heteroatoms. The van der Waals surface area contributed by atoms with Crippen molar-refractivity contribution < 1.29 is 9.90 Å². The molecule has 1 amide bonds. The molecule has 0 aliphatic carbocycles. The van der Waals surface area contributed by atoms with Crippen molar-refractivity contribution in [2.75, 3.05) is 23.0 Å². The van der Waals surface area contributed by atoms with E-state index in [0.717, 1.165) is 5.56 Å². The summed E-state index contributed by atoms with van der Waals surface area (Å²) in [4.78, 5) is 25.3. The van der Waals surface area contributed by atoms with Crippen molar-refractivity contribution in [2.45, 2.75) is 13.0 Å². The summed E-state index contributed by atoms with van der Waals surface area (Å²) in [5.74, 6) is 0.299. The lowest BCUT2D eigenvalue weighted by Crippen LogP contribution is -2.22. The van der Waals surface area contributed by atoms with E-state index in [1.165, 1.54) is 0 Å². The molecular formula is C19H20N6O2. The molecule has 27 heavy (non-hydrogen) atoms. The van der Waals surface area contributed by atoms with E-state index in [0.29, 0.717) is 28.7 Å². The number of nitrogen functional groups attached to an aromatic ring is 1. The van der Waals surface area contributed by atoms with Gasteiger partial charge in [-0.15, -0.1) is 0 Å². The van der Waals surface area contributed by atoms with Crippen LogP contribution in [0.5, 0.6) is 0 Å². The Labute approximate surface area is 156 Å². The van der Waals surface area contributed by atoms with Crippen molar-refractivity contribution in [1.29, 1.82) is 0 Å². The highest BCUT2D eigenvalue weighted by Crippen LogP contribution is 2.21. The molecule has 3 aromatic rings. The Balaban J connectivity index is 1.93. The van der Waals surface area contributed by atoms with Crippen LogP contribution in [0.3, 0.4) is 0 Å². The number of pyridine rings is 1. The van der Waals surface area contributed by atoms with Gasteiger partial charge in [-0.05, 0) is 37.3 Å². The van der Waals surface area contributed by atoms with Crippen molar-refractivity contribution in [1.82, 2.24) is 15.0 Å². The summed E-state index contributed by atoms with van der Waals surface area (Å²) in [6.45, 7) is 1.72. The molecule has 2 heterocycles. The number of hydrogen-bond donors (Lipinski definition) is 4. The van der Waals surface area contributed by atoms with Gasteiger partial charge in [-0.3, -0.25) is 9.78 Å². The fourth-order valence-corrected chi connectivity index (χ4v) is 2.38. The van der Waals surface area contributed by atoms with Gasteiger partial charge in [0.05, 0.1) is 12.3 Å². The van der Waals surface area contributed by atoms with Gasteiger partial charge < -0.3 is 21.5 Å². The number of nitrogens with one attached hydrogen (secondary N) is 2. The van der Waals surface area contributed by atoms with Gasteiger partial charge in [0.15, 0.2) is 0 Å². The lowest BCUT2D eigenvalue weighted by Gasteiger charge is -2.14. The minimum Gasteiger partial charge on any atom is -0.399 e. The van der Waals surface area contributed by atoms with Crippen molar-refractivity contribution in [2.24, 2.45) is 0 Å². The summed E-state index contributed by atoms with van der Waals surface area (Å²) < 4.78 is 0. The topological polar surface area (TPSA) is 126 Å². The van der Waals surface area contributed by atoms with Gasteiger partial charge in [-0.2, -0.15) is 4.98 Å². The zero-order chi connectivity index (χ0) is 19.2. The molecule has 5 N–H and O–H groups in total. The molecule has 0 radical (unpaired) electrons. The molecule has 8 nitrogen and oxygen atoms in total. The van der Waals surface area contributed by atoms with Crippen LogP contribution >= 0.6 is 0 Å². The van der Waals surface area contributed by atoms with E-state index in [1.807, 2.05) is 12.1 Å². The quantitative estimate of drug-likeness (QED) is 0.494. The van der Waals surface area contributed by atoms with E-state index in [4.69, 9.17) is 5.73 Å². The number of hydrogen-bond acceptors (Lipinski definition) is 7. The first-order valence-corrected chi connectivity index (χ1v) is 8.39. The predicted molar refractivity (Wildman–Crippen MR) is 104 cm³/mol. The Morgan fingerprint density at radius 1 is 1.19 bits per heavy atom. The molecule has 0 saturated heterocycles. The number of rotatable bonds is 6. The predicted octanol–water partition coefficient (Wildman–Crippen LogP) is 2.17. The number of anilines is 3. The Morgan fingerprint density at radius 2 is 1.96 bits per heavy atom. The zero-order valence-corrected chi connectivity index (χ0v) is 14.8. The van der Waals surface area contributed by atoms with Crippen LogP contribution in [0.2, 0.25) is 0 Å². The first kappa shape index (κ1) is 18.3. The molecule has 0 aliphatic heterocycles. The highest BCUT2D eigenvalue weighted by molar-refractivity contribution is 6.04. The Kier molecular flexibility index (Phi) is 5.58. The smallest absolute Gasteiger partial charge is 0.256 e. The fraction of sp³-hybridized carbons (Fsp3) is 0.158. The largest absolute Gasteiger partial charge is 0.399 e. The van der Waals surface area contributed by atoms with Gasteiger partial charge in [0.2, 0.25) is 5.95 Å². The van der Waals surface area contributed by atoms with Crippen LogP contribution in [0.25, 0.3) is 11.3 Å². The van der Waals surface area contributed by atoms with Crippen LogP contribution in [-0.2, 0) is 0 Å². The van der Waals surface area contributed by atoms with Crippen LogP contribution in [0.15, 0.2) is 54.9 Å². The van der Waals surface area contributed by atoms with Crippen LogP contribution in [-0.4, -0.2) is 38.6 Å². The number of aromatic nitrogens is 3. The van der Waals surface area contributed by atoms with E-state index in [9.17, 15) is 9.90 Å². The third-order valence-electron chi connectivity index (χ3n) is 3.74. The summed E-state index contributed by atoms with van der Waals surface area (Å²) in [5, 5.41) is 15.0. The minimum atomic E-state index is -0.331. The van der Waals surface area contributed by atoms with Crippen LogP contribution in [0.4, 0.5) is 17.5 Å². The lowest BCUT2D eigenvalue weighted by molar-refractivity contribution is 0.102. The van der Waals surface area contributed by atoms with Gasteiger partial charge in [-0.25, -0.2) is 4.98 Å². The number of carbonyl (C=O) groups is 1. The molecule has 2 aromatic heterocycles. The van der Waals surface area contributed by atoms with Crippen molar-refractivity contribution >= 4 is 23.4 Å². The molecule has 0 saturated carbocycles.